The minimum Gasteiger partial charge on any atom is -0.344 e. The Bertz CT molecular complexity index is 438. The summed E-state index contributed by atoms with van der Waals surface area (Å²) in [6.07, 6.45) is 0.471. The van der Waals surface area contributed by atoms with Crippen molar-refractivity contribution in [3.63, 3.8) is 0 Å². The lowest BCUT2D eigenvalue weighted by atomic mass is 10.2. The Labute approximate surface area is 113 Å². The maximum absolute atomic E-state index is 10.9. The quantitative estimate of drug-likeness (QED) is 0.576. The summed E-state index contributed by atoms with van der Waals surface area (Å²) < 4.78 is 63.7. The summed E-state index contributed by atoms with van der Waals surface area (Å²) in [5.41, 5.74) is 0. The van der Waals surface area contributed by atoms with E-state index in [2.05, 4.69) is 8.37 Å². The van der Waals surface area contributed by atoms with Gasteiger partial charge >= 0.3 is 0 Å². The molecule has 1 aliphatic heterocycles. The lowest BCUT2D eigenvalue weighted by Gasteiger charge is -2.15. The van der Waals surface area contributed by atoms with Gasteiger partial charge in [-0.1, -0.05) is 6.92 Å². The summed E-state index contributed by atoms with van der Waals surface area (Å²) in [6.45, 7) is 1.33. The van der Waals surface area contributed by atoms with Crippen molar-refractivity contribution in [1.29, 1.82) is 0 Å². The van der Waals surface area contributed by atoms with Gasteiger partial charge in [0, 0.05) is 0 Å². The predicted molar refractivity (Wildman–Crippen MR) is 65.4 cm³/mol. The summed E-state index contributed by atoms with van der Waals surface area (Å²) in [4.78, 5) is 0. The Kier molecular flexibility index (Phi) is 5.71. The van der Waals surface area contributed by atoms with E-state index in [4.69, 9.17) is 9.47 Å². The van der Waals surface area contributed by atoms with E-state index >= 15 is 0 Å². The first-order chi connectivity index (χ1) is 8.61. The van der Waals surface area contributed by atoms with E-state index in [0.717, 1.165) is 12.5 Å². The van der Waals surface area contributed by atoms with Gasteiger partial charge in [0.15, 0.2) is 6.29 Å². The van der Waals surface area contributed by atoms with Gasteiger partial charge in [0.05, 0.1) is 25.7 Å². The lowest BCUT2D eigenvalue weighted by molar-refractivity contribution is -0.0731. The second-order valence-corrected chi connectivity index (χ2v) is 7.45. The van der Waals surface area contributed by atoms with Crippen LogP contribution < -0.4 is 0 Å². The van der Waals surface area contributed by atoms with Crippen molar-refractivity contribution < 1.29 is 34.7 Å². The molecule has 0 aromatic carbocycles. The van der Waals surface area contributed by atoms with Crippen LogP contribution in [0.5, 0.6) is 0 Å². The standard InChI is InChI=1S/C9H18O8S2/c1-4-9-16-7(5-14-18(2,10)11)8(17-9)6-15-19(3,12)13/h7-9H,4-6H2,1-3H3/t7-,8-/m0/s1. The van der Waals surface area contributed by atoms with Crippen LogP contribution in [-0.2, 0) is 38.1 Å². The molecule has 0 radical (unpaired) electrons. The van der Waals surface area contributed by atoms with E-state index in [9.17, 15) is 16.8 Å². The van der Waals surface area contributed by atoms with E-state index < -0.39 is 38.7 Å². The molecule has 1 rings (SSSR count). The zero-order valence-electron chi connectivity index (χ0n) is 10.9. The van der Waals surface area contributed by atoms with Gasteiger partial charge in [0.1, 0.15) is 12.2 Å². The van der Waals surface area contributed by atoms with Crippen LogP contribution in [0.15, 0.2) is 0 Å². The second-order valence-electron chi connectivity index (χ2n) is 4.16. The molecular weight excluding hydrogens is 300 g/mol. The molecule has 8 nitrogen and oxygen atoms in total. The zero-order valence-corrected chi connectivity index (χ0v) is 12.6. The average molecular weight is 318 g/mol. The molecule has 0 amide bonds. The van der Waals surface area contributed by atoms with Crippen LogP contribution >= 0.6 is 0 Å². The van der Waals surface area contributed by atoms with E-state index in [1.165, 1.54) is 0 Å². The highest BCUT2D eigenvalue weighted by molar-refractivity contribution is 7.86. The van der Waals surface area contributed by atoms with Gasteiger partial charge in [-0.25, -0.2) is 0 Å². The van der Waals surface area contributed by atoms with Gasteiger partial charge in [0.25, 0.3) is 20.2 Å². The Morgan fingerprint density at radius 3 is 1.53 bits per heavy atom. The Morgan fingerprint density at radius 2 is 1.26 bits per heavy atom. The first-order valence-corrected chi connectivity index (χ1v) is 9.23. The molecule has 0 bridgehead atoms. The van der Waals surface area contributed by atoms with Crippen molar-refractivity contribution in [3.05, 3.63) is 0 Å². The largest absolute Gasteiger partial charge is 0.344 e. The van der Waals surface area contributed by atoms with Gasteiger partial charge < -0.3 is 9.47 Å². The normalized spacial score (nSPS) is 25.8. The van der Waals surface area contributed by atoms with E-state index in [1.54, 1.807) is 0 Å². The number of ether oxygens (including phenoxy) is 2. The van der Waals surface area contributed by atoms with Gasteiger partial charge in [-0.05, 0) is 6.42 Å². The third kappa shape index (κ3) is 6.63. The molecule has 1 aliphatic rings. The fourth-order valence-corrected chi connectivity index (χ4v) is 2.23. The molecule has 1 saturated heterocycles. The molecule has 114 valence electrons. The Balaban J connectivity index is 2.59. The van der Waals surface area contributed by atoms with Crippen LogP contribution in [0, 0.1) is 0 Å². The second kappa shape index (κ2) is 6.46. The molecule has 1 heterocycles. The van der Waals surface area contributed by atoms with Crippen molar-refractivity contribution >= 4 is 20.2 Å². The molecular formula is C9H18O8S2. The average Bonchev–Trinajstić information content (AvgIpc) is 2.64. The molecule has 1 fully saturated rings. The molecule has 2 atom stereocenters. The summed E-state index contributed by atoms with van der Waals surface area (Å²) in [6, 6.07) is 0. The molecule has 0 spiro atoms. The summed E-state index contributed by atoms with van der Waals surface area (Å²) in [5, 5.41) is 0. The van der Waals surface area contributed by atoms with Crippen molar-refractivity contribution in [2.75, 3.05) is 25.7 Å². The maximum atomic E-state index is 10.9. The summed E-state index contributed by atoms with van der Waals surface area (Å²) in [5.74, 6) is 0. The van der Waals surface area contributed by atoms with Crippen LogP contribution in [0.3, 0.4) is 0 Å². The molecule has 19 heavy (non-hydrogen) atoms. The van der Waals surface area contributed by atoms with E-state index in [1.807, 2.05) is 6.92 Å². The summed E-state index contributed by atoms with van der Waals surface area (Å²) >= 11 is 0. The molecule has 10 heteroatoms. The van der Waals surface area contributed by atoms with Crippen molar-refractivity contribution in [3.8, 4) is 0 Å². The van der Waals surface area contributed by atoms with Crippen LogP contribution in [0.1, 0.15) is 13.3 Å². The maximum Gasteiger partial charge on any atom is 0.264 e. The highest BCUT2D eigenvalue weighted by Gasteiger charge is 2.37. The Hall–Kier alpha value is -0.260. The van der Waals surface area contributed by atoms with Crippen molar-refractivity contribution in [2.24, 2.45) is 0 Å². The third-order valence-electron chi connectivity index (χ3n) is 2.29. The topological polar surface area (TPSA) is 105 Å². The monoisotopic (exact) mass is 318 g/mol. The van der Waals surface area contributed by atoms with Gasteiger partial charge in [0.2, 0.25) is 0 Å². The highest BCUT2D eigenvalue weighted by Crippen LogP contribution is 2.22. The molecule has 0 N–H and O–H groups in total. The predicted octanol–water partition coefficient (Wildman–Crippen LogP) is -0.541. The molecule has 0 aliphatic carbocycles. The lowest BCUT2D eigenvalue weighted by Crippen LogP contribution is -2.33. The van der Waals surface area contributed by atoms with Crippen LogP contribution in [0.2, 0.25) is 0 Å². The molecule has 0 aromatic rings. The van der Waals surface area contributed by atoms with Crippen LogP contribution in [-0.4, -0.2) is 61.1 Å². The first kappa shape index (κ1) is 16.8. The zero-order chi connectivity index (χ0) is 14.7. The minimum absolute atomic E-state index is 0.243. The van der Waals surface area contributed by atoms with Gasteiger partial charge in [-0.3, -0.25) is 8.37 Å². The van der Waals surface area contributed by atoms with Crippen molar-refractivity contribution in [2.45, 2.75) is 31.8 Å². The Morgan fingerprint density at radius 1 is 0.895 bits per heavy atom. The molecule has 0 unspecified atom stereocenters. The van der Waals surface area contributed by atoms with Gasteiger partial charge in [-0.15, -0.1) is 0 Å². The first-order valence-electron chi connectivity index (χ1n) is 5.60. The van der Waals surface area contributed by atoms with Crippen molar-refractivity contribution in [1.82, 2.24) is 0 Å². The van der Waals surface area contributed by atoms with Crippen LogP contribution in [0.4, 0.5) is 0 Å². The fourth-order valence-electron chi connectivity index (χ4n) is 1.46. The van der Waals surface area contributed by atoms with E-state index in [0.29, 0.717) is 6.42 Å². The minimum atomic E-state index is -3.60. The SMILES string of the molecule is CCC1O[C@@H](COS(C)(=O)=O)[C@H](COS(C)(=O)=O)O1. The molecule has 0 aromatic heterocycles. The highest BCUT2D eigenvalue weighted by atomic mass is 32.2. The summed E-state index contributed by atoms with van der Waals surface area (Å²) in [7, 11) is -7.19. The number of hydrogen-bond acceptors (Lipinski definition) is 8. The van der Waals surface area contributed by atoms with Crippen LogP contribution in [0.25, 0.3) is 0 Å². The smallest absolute Gasteiger partial charge is 0.264 e. The van der Waals surface area contributed by atoms with E-state index in [-0.39, 0.29) is 13.2 Å². The number of hydrogen-bond donors (Lipinski definition) is 0. The van der Waals surface area contributed by atoms with Gasteiger partial charge in [-0.2, -0.15) is 16.8 Å². The fraction of sp³-hybridized carbons (Fsp3) is 1.00. The number of rotatable bonds is 7. The third-order valence-corrected chi connectivity index (χ3v) is 3.42. The molecule has 0 saturated carbocycles.